The van der Waals surface area contributed by atoms with Crippen molar-refractivity contribution < 1.29 is 4.74 Å². The van der Waals surface area contributed by atoms with Crippen molar-refractivity contribution in [1.29, 1.82) is 0 Å². The molecular formula is C17H18Br2O. The van der Waals surface area contributed by atoms with Crippen LogP contribution in [0.25, 0.3) is 0 Å². The highest BCUT2D eigenvalue weighted by molar-refractivity contribution is 9.10. The van der Waals surface area contributed by atoms with E-state index in [1.807, 2.05) is 6.07 Å². The van der Waals surface area contributed by atoms with Crippen LogP contribution in [0.15, 0.2) is 46.9 Å². The first-order valence-corrected chi connectivity index (χ1v) is 8.50. The highest BCUT2D eigenvalue weighted by atomic mass is 79.9. The standard InChI is InChI=1S/C17H18Br2O/c1-12-4-3-5-13(8-12)15(11-18)9-14-10-16(20-2)6-7-17(14)19/h3-8,10,15H,9,11H2,1-2H3. The maximum Gasteiger partial charge on any atom is 0.119 e. The third kappa shape index (κ3) is 3.86. The van der Waals surface area contributed by atoms with E-state index in [0.29, 0.717) is 5.92 Å². The molecule has 0 aromatic heterocycles. The van der Waals surface area contributed by atoms with E-state index in [4.69, 9.17) is 4.74 Å². The first-order chi connectivity index (χ1) is 9.63. The lowest BCUT2D eigenvalue weighted by Crippen LogP contribution is -2.05. The number of halogens is 2. The zero-order valence-corrected chi connectivity index (χ0v) is 14.9. The summed E-state index contributed by atoms with van der Waals surface area (Å²) in [4.78, 5) is 0. The molecule has 2 aromatic carbocycles. The Morgan fingerprint density at radius 2 is 1.95 bits per heavy atom. The van der Waals surface area contributed by atoms with Gasteiger partial charge in [0, 0.05) is 9.80 Å². The van der Waals surface area contributed by atoms with Crippen LogP contribution in [0, 0.1) is 6.92 Å². The van der Waals surface area contributed by atoms with E-state index in [-0.39, 0.29) is 0 Å². The quantitative estimate of drug-likeness (QED) is 0.606. The summed E-state index contributed by atoms with van der Waals surface area (Å²) in [5.74, 6) is 1.36. The lowest BCUT2D eigenvalue weighted by molar-refractivity contribution is 0.414. The van der Waals surface area contributed by atoms with Crippen molar-refractivity contribution >= 4 is 31.9 Å². The normalized spacial score (nSPS) is 12.2. The Morgan fingerprint density at radius 3 is 2.60 bits per heavy atom. The predicted molar refractivity (Wildman–Crippen MR) is 92.1 cm³/mol. The number of benzene rings is 2. The van der Waals surface area contributed by atoms with Crippen LogP contribution in [0.2, 0.25) is 0 Å². The number of methoxy groups -OCH3 is 1. The Bertz CT molecular complexity index is 581. The van der Waals surface area contributed by atoms with Gasteiger partial charge in [-0.3, -0.25) is 0 Å². The van der Waals surface area contributed by atoms with Crippen molar-refractivity contribution in [2.45, 2.75) is 19.3 Å². The largest absolute Gasteiger partial charge is 0.497 e. The van der Waals surface area contributed by atoms with E-state index < -0.39 is 0 Å². The molecule has 0 heterocycles. The van der Waals surface area contributed by atoms with Crippen molar-refractivity contribution in [1.82, 2.24) is 0 Å². The molecule has 0 fully saturated rings. The lowest BCUT2D eigenvalue weighted by Gasteiger charge is -2.17. The molecule has 0 saturated heterocycles. The van der Waals surface area contributed by atoms with E-state index in [9.17, 15) is 0 Å². The summed E-state index contributed by atoms with van der Waals surface area (Å²) in [7, 11) is 1.70. The van der Waals surface area contributed by atoms with Gasteiger partial charge in [-0.1, -0.05) is 61.7 Å². The molecular weight excluding hydrogens is 380 g/mol. The Labute approximate surface area is 137 Å². The minimum atomic E-state index is 0.457. The molecule has 3 heteroatoms. The zero-order valence-electron chi connectivity index (χ0n) is 11.7. The highest BCUT2D eigenvalue weighted by Crippen LogP contribution is 2.29. The summed E-state index contributed by atoms with van der Waals surface area (Å²) in [6, 6.07) is 14.9. The fourth-order valence-corrected chi connectivity index (χ4v) is 3.30. The number of rotatable bonds is 5. The molecule has 20 heavy (non-hydrogen) atoms. The van der Waals surface area contributed by atoms with Gasteiger partial charge in [0.1, 0.15) is 5.75 Å². The second kappa shape index (κ2) is 7.28. The van der Waals surface area contributed by atoms with Crippen LogP contribution in [0.3, 0.4) is 0 Å². The van der Waals surface area contributed by atoms with Crippen LogP contribution >= 0.6 is 31.9 Å². The van der Waals surface area contributed by atoms with Gasteiger partial charge in [0.2, 0.25) is 0 Å². The molecule has 0 aliphatic carbocycles. The Balaban J connectivity index is 2.26. The van der Waals surface area contributed by atoms with Crippen molar-refractivity contribution in [3.8, 4) is 5.75 Å². The van der Waals surface area contributed by atoms with Crippen LogP contribution in [-0.2, 0) is 6.42 Å². The Kier molecular flexibility index (Phi) is 5.67. The SMILES string of the molecule is COc1ccc(Br)c(CC(CBr)c2cccc(C)c2)c1. The maximum absolute atomic E-state index is 5.32. The molecule has 1 nitrogen and oxygen atoms in total. The van der Waals surface area contributed by atoms with E-state index >= 15 is 0 Å². The fourth-order valence-electron chi connectivity index (χ4n) is 2.29. The van der Waals surface area contributed by atoms with Gasteiger partial charge in [-0.15, -0.1) is 0 Å². The first-order valence-electron chi connectivity index (χ1n) is 6.59. The van der Waals surface area contributed by atoms with E-state index in [1.54, 1.807) is 7.11 Å². The minimum Gasteiger partial charge on any atom is -0.497 e. The van der Waals surface area contributed by atoms with E-state index in [0.717, 1.165) is 22.0 Å². The molecule has 0 saturated carbocycles. The monoisotopic (exact) mass is 396 g/mol. The molecule has 0 aliphatic heterocycles. The Hall–Kier alpha value is -0.800. The van der Waals surface area contributed by atoms with Crippen LogP contribution in [0.4, 0.5) is 0 Å². The summed E-state index contributed by atoms with van der Waals surface area (Å²) < 4.78 is 6.45. The van der Waals surface area contributed by atoms with Gasteiger partial charge in [-0.05, 0) is 48.6 Å². The van der Waals surface area contributed by atoms with Crippen LogP contribution in [0.5, 0.6) is 5.75 Å². The highest BCUT2D eigenvalue weighted by Gasteiger charge is 2.13. The molecule has 0 aliphatic rings. The zero-order chi connectivity index (χ0) is 14.5. The minimum absolute atomic E-state index is 0.457. The van der Waals surface area contributed by atoms with Crippen molar-refractivity contribution in [2.75, 3.05) is 12.4 Å². The number of aryl methyl sites for hydroxylation is 1. The van der Waals surface area contributed by atoms with Crippen LogP contribution in [0.1, 0.15) is 22.6 Å². The number of hydrogen-bond donors (Lipinski definition) is 0. The van der Waals surface area contributed by atoms with Gasteiger partial charge < -0.3 is 4.74 Å². The van der Waals surface area contributed by atoms with Gasteiger partial charge in [-0.25, -0.2) is 0 Å². The van der Waals surface area contributed by atoms with Gasteiger partial charge in [0.05, 0.1) is 7.11 Å². The molecule has 2 aromatic rings. The summed E-state index contributed by atoms with van der Waals surface area (Å²) >= 11 is 7.28. The van der Waals surface area contributed by atoms with E-state index in [1.165, 1.54) is 16.7 Å². The van der Waals surface area contributed by atoms with E-state index in [2.05, 4.69) is 75.2 Å². The third-order valence-electron chi connectivity index (χ3n) is 3.42. The molecule has 0 spiro atoms. The first kappa shape index (κ1) is 15.6. The smallest absolute Gasteiger partial charge is 0.119 e. The third-order valence-corrected chi connectivity index (χ3v) is 4.97. The molecule has 0 N–H and O–H groups in total. The Morgan fingerprint density at radius 1 is 1.15 bits per heavy atom. The molecule has 0 bridgehead atoms. The summed E-state index contributed by atoms with van der Waals surface area (Å²) in [6.45, 7) is 2.14. The average Bonchev–Trinajstić information content (AvgIpc) is 2.46. The van der Waals surface area contributed by atoms with Gasteiger partial charge >= 0.3 is 0 Å². The molecule has 106 valence electrons. The van der Waals surface area contributed by atoms with Crippen molar-refractivity contribution in [2.24, 2.45) is 0 Å². The van der Waals surface area contributed by atoms with Crippen molar-refractivity contribution in [3.05, 3.63) is 63.6 Å². The number of ether oxygens (including phenoxy) is 1. The summed E-state index contributed by atoms with van der Waals surface area (Å²) in [5.41, 5.74) is 3.95. The average molecular weight is 398 g/mol. The topological polar surface area (TPSA) is 9.23 Å². The van der Waals surface area contributed by atoms with Crippen LogP contribution in [-0.4, -0.2) is 12.4 Å². The van der Waals surface area contributed by atoms with Gasteiger partial charge in [0.15, 0.2) is 0 Å². The molecule has 0 radical (unpaired) electrons. The molecule has 1 atom stereocenters. The second-order valence-corrected chi connectivity index (χ2v) is 6.43. The summed E-state index contributed by atoms with van der Waals surface area (Å²) in [6.07, 6.45) is 0.979. The van der Waals surface area contributed by atoms with Crippen molar-refractivity contribution in [3.63, 3.8) is 0 Å². The molecule has 1 unspecified atom stereocenters. The number of alkyl halides is 1. The number of hydrogen-bond acceptors (Lipinski definition) is 1. The fraction of sp³-hybridized carbons (Fsp3) is 0.294. The lowest BCUT2D eigenvalue weighted by atomic mass is 9.92. The second-order valence-electron chi connectivity index (χ2n) is 4.93. The van der Waals surface area contributed by atoms with Gasteiger partial charge in [-0.2, -0.15) is 0 Å². The van der Waals surface area contributed by atoms with Gasteiger partial charge in [0.25, 0.3) is 0 Å². The molecule has 2 rings (SSSR count). The molecule has 0 amide bonds. The maximum atomic E-state index is 5.32. The summed E-state index contributed by atoms with van der Waals surface area (Å²) in [5, 5.41) is 0.945. The predicted octanol–water partition coefficient (Wildman–Crippen LogP) is 5.49. The van der Waals surface area contributed by atoms with Crippen LogP contribution < -0.4 is 4.74 Å².